The first-order valence-corrected chi connectivity index (χ1v) is 5.49. The molecule has 0 bridgehead atoms. The standard InChI is InChI=1S/C9H11Br2NO/c1-5(12)9(13)6-2-3-7(10)8(11)4-6/h2-5,9,13H,12H2,1H3. The summed E-state index contributed by atoms with van der Waals surface area (Å²) < 4.78 is 1.89. The van der Waals surface area contributed by atoms with Gasteiger partial charge in [0.1, 0.15) is 0 Å². The molecule has 1 aromatic carbocycles. The Kier molecular flexibility index (Phi) is 3.91. The second kappa shape index (κ2) is 4.55. The molecular formula is C9H11Br2NO. The predicted molar refractivity (Wildman–Crippen MR) is 60.5 cm³/mol. The van der Waals surface area contributed by atoms with E-state index in [4.69, 9.17) is 5.73 Å². The molecule has 13 heavy (non-hydrogen) atoms. The number of nitrogens with two attached hydrogens (primary N) is 1. The molecule has 1 aromatic rings. The van der Waals surface area contributed by atoms with Gasteiger partial charge in [0.25, 0.3) is 0 Å². The van der Waals surface area contributed by atoms with Crippen LogP contribution in [0.15, 0.2) is 27.1 Å². The molecule has 0 amide bonds. The Hall–Kier alpha value is 0.1000. The van der Waals surface area contributed by atoms with Gasteiger partial charge in [0.15, 0.2) is 0 Å². The fourth-order valence-electron chi connectivity index (χ4n) is 1.000. The summed E-state index contributed by atoms with van der Waals surface area (Å²) in [4.78, 5) is 0. The lowest BCUT2D eigenvalue weighted by atomic mass is 10.0. The highest BCUT2D eigenvalue weighted by Crippen LogP contribution is 2.27. The smallest absolute Gasteiger partial charge is 0.0938 e. The molecule has 2 nitrogen and oxygen atoms in total. The van der Waals surface area contributed by atoms with Crippen LogP contribution in [-0.4, -0.2) is 11.1 Å². The van der Waals surface area contributed by atoms with Crippen LogP contribution in [0.3, 0.4) is 0 Å². The van der Waals surface area contributed by atoms with E-state index in [0.29, 0.717) is 0 Å². The molecule has 0 aromatic heterocycles. The van der Waals surface area contributed by atoms with Crippen molar-refractivity contribution in [3.63, 3.8) is 0 Å². The maximum atomic E-state index is 9.65. The fourth-order valence-corrected chi connectivity index (χ4v) is 1.64. The average Bonchev–Trinajstić information content (AvgIpc) is 2.08. The zero-order valence-electron chi connectivity index (χ0n) is 7.17. The summed E-state index contributed by atoms with van der Waals surface area (Å²) in [6.07, 6.45) is -0.607. The number of rotatable bonds is 2. The van der Waals surface area contributed by atoms with Crippen molar-refractivity contribution in [1.82, 2.24) is 0 Å². The lowest BCUT2D eigenvalue weighted by molar-refractivity contribution is 0.153. The molecule has 0 saturated heterocycles. The number of benzene rings is 1. The molecule has 0 fully saturated rings. The van der Waals surface area contributed by atoms with E-state index in [-0.39, 0.29) is 6.04 Å². The van der Waals surface area contributed by atoms with E-state index < -0.39 is 6.10 Å². The third-order valence-electron chi connectivity index (χ3n) is 1.78. The topological polar surface area (TPSA) is 46.2 Å². The number of aliphatic hydroxyl groups is 1. The first-order chi connectivity index (χ1) is 6.02. The van der Waals surface area contributed by atoms with Crippen molar-refractivity contribution in [2.24, 2.45) is 5.73 Å². The minimum Gasteiger partial charge on any atom is -0.387 e. The van der Waals surface area contributed by atoms with E-state index in [2.05, 4.69) is 31.9 Å². The van der Waals surface area contributed by atoms with Crippen molar-refractivity contribution in [1.29, 1.82) is 0 Å². The molecule has 0 spiro atoms. The lowest BCUT2D eigenvalue weighted by Crippen LogP contribution is -2.24. The highest BCUT2D eigenvalue weighted by atomic mass is 79.9. The molecule has 72 valence electrons. The van der Waals surface area contributed by atoms with Crippen LogP contribution in [0.5, 0.6) is 0 Å². The zero-order chi connectivity index (χ0) is 10.0. The van der Waals surface area contributed by atoms with Gasteiger partial charge in [-0.15, -0.1) is 0 Å². The van der Waals surface area contributed by atoms with Crippen LogP contribution in [0, 0.1) is 0 Å². The van der Waals surface area contributed by atoms with Gasteiger partial charge in [-0.25, -0.2) is 0 Å². The van der Waals surface area contributed by atoms with Gasteiger partial charge in [0.2, 0.25) is 0 Å². The van der Waals surface area contributed by atoms with E-state index in [1.54, 1.807) is 6.92 Å². The molecule has 0 radical (unpaired) electrons. The Labute approximate surface area is 94.4 Å². The minimum absolute atomic E-state index is 0.256. The molecule has 0 heterocycles. The number of hydrogen-bond acceptors (Lipinski definition) is 2. The quantitative estimate of drug-likeness (QED) is 0.882. The highest BCUT2D eigenvalue weighted by molar-refractivity contribution is 9.13. The van der Waals surface area contributed by atoms with Crippen LogP contribution in [0.4, 0.5) is 0 Å². The fraction of sp³-hybridized carbons (Fsp3) is 0.333. The third-order valence-corrected chi connectivity index (χ3v) is 3.66. The molecule has 2 unspecified atom stereocenters. The van der Waals surface area contributed by atoms with Crippen LogP contribution in [0.1, 0.15) is 18.6 Å². The van der Waals surface area contributed by atoms with Crippen molar-refractivity contribution in [3.8, 4) is 0 Å². The predicted octanol–water partition coefficient (Wildman–Crippen LogP) is 2.59. The third kappa shape index (κ3) is 2.77. The SMILES string of the molecule is CC(N)C(O)c1ccc(Br)c(Br)c1. The van der Waals surface area contributed by atoms with Crippen LogP contribution in [0.25, 0.3) is 0 Å². The second-order valence-corrected chi connectivity index (χ2v) is 4.69. The van der Waals surface area contributed by atoms with E-state index in [1.807, 2.05) is 18.2 Å². The summed E-state index contributed by atoms with van der Waals surface area (Å²) in [6.45, 7) is 1.78. The van der Waals surface area contributed by atoms with Crippen molar-refractivity contribution >= 4 is 31.9 Å². The van der Waals surface area contributed by atoms with Gasteiger partial charge < -0.3 is 10.8 Å². The first-order valence-electron chi connectivity index (χ1n) is 3.91. The maximum Gasteiger partial charge on any atom is 0.0938 e. The summed E-state index contributed by atoms with van der Waals surface area (Å²) >= 11 is 6.72. The molecule has 0 saturated carbocycles. The van der Waals surface area contributed by atoms with Crippen molar-refractivity contribution in [2.75, 3.05) is 0 Å². The van der Waals surface area contributed by atoms with E-state index >= 15 is 0 Å². The molecule has 0 aliphatic heterocycles. The Morgan fingerprint density at radius 2 is 1.92 bits per heavy atom. The van der Waals surface area contributed by atoms with Crippen LogP contribution >= 0.6 is 31.9 Å². The first kappa shape index (κ1) is 11.2. The molecule has 2 atom stereocenters. The van der Waals surface area contributed by atoms with Gasteiger partial charge in [-0.1, -0.05) is 6.07 Å². The van der Waals surface area contributed by atoms with Gasteiger partial charge in [0.05, 0.1) is 6.10 Å². The number of hydrogen-bond donors (Lipinski definition) is 2. The monoisotopic (exact) mass is 307 g/mol. The van der Waals surface area contributed by atoms with Crippen molar-refractivity contribution < 1.29 is 5.11 Å². The molecule has 3 N–H and O–H groups in total. The van der Waals surface area contributed by atoms with Gasteiger partial charge >= 0.3 is 0 Å². The average molecular weight is 309 g/mol. The van der Waals surface area contributed by atoms with Crippen molar-refractivity contribution in [2.45, 2.75) is 19.1 Å². The molecular weight excluding hydrogens is 298 g/mol. The summed E-state index contributed by atoms with van der Waals surface area (Å²) in [7, 11) is 0. The van der Waals surface area contributed by atoms with Gasteiger partial charge in [-0.3, -0.25) is 0 Å². The van der Waals surface area contributed by atoms with E-state index in [0.717, 1.165) is 14.5 Å². The summed E-state index contributed by atoms with van der Waals surface area (Å²) in [5, 5.41) is 9.65. The van der Waals surface area contributed by atoms with Gasteiger partial charge in [-0.2, -0.15) is 0 Å². The summed E-state index contributed by atoms with van der Waals surface area (Å²) in [5.74, 6) is 0. The Balaban J connectivity index is 2.97. The molecule has 1 rings (SSSR count). The largest absolute Gasteiger partial charge is 0.387 e. The Morgan fingerprint density at radius 1 is 1.31 bits per heavy atom. The lowest BCUT2D eigenvalue weighted by Gasteiger charge is -2.15. The minimum atomic E-state index is -0.607. The summed E-state index contributed by atoms with van der Waals surface area (Å²) in [6, 6.07) is 5.33. The summed E-state index contributed by atoms with van der Waals surface area (Å²) in [5.41, 5.74) is 6.40. The molecule has 0 aliphatic carbocycles. The van der Waals surface area contributed by atoms with E-state index in [9.17, 15) is 5.11 Å². The van der Waals surface area contributed by atoms with Crippen LogP contribution in [-0.2, 0) is 0 Å². The molecule has 4 heteroatoms. The highest BCUT2D eigenvalue weighted by Gasteiger charge is 2.12. The number of halogens is 2. The van der Waals surface area contributed by atoms with E-state index in [1.165, 1.54) is 0 Å². The van der Waals surface area contributed by atoms with Gasteiger partial charge in [0, 0.05) is 15.0 Å². The normalized spacial score (nSPS) is 15.5. The van der Waals surface area contributed by atoms with Crippen LogP contribution < -0.4 is 5.73 Å². The second-order valence-electron chi connectivity index (χ2n) is 2.98. The van der Waals surface area contributed by atoms with Gasteiger partial charge in [-0.05, 0) is 56.5 Å². The molecule has 0 aliphatic rings. The van der Waals surface area contributed by atoms with Crippen LogP contribution in [0.2, 0.25) is 0 Å². The van der Waals surface area contributed by atoms with Crippen molar-refractivity contribution in [3.05, 3.63) is 32.7 Å². The Morgan fingerprint density at radius 3 is 2.38 bits per heavy atom. The Bertz CT molecular complexity index is 302. The number of aliphatic hydroxyl groups excluding tert-OH is 1. The zero-order valence-corrected chi connectivity index (χ0v) is 10.3. The maximum absolute atomic E-state index is 9.65.